The zero-order valence-corrected chi connectivity index (χ0v) is 13.3. The number of hydrogen-bond acceptors (Lipinski definition) is 6. The Morgan fingerprint density at radius 1 is 1.48 bits per heavy atom. The Hall–Kier alpha value is -1.34. The van der Waals surface area contributed by atoms with E-state index in [-0.39, 0.29) is 5.91 Å². The summed E-state index contributed by atoms with van der Waals surface area (Å²) in [6, 6.07) is 0. The summed E-state index contributed by atoms with van der Waals surface area (Å²) in [6.07, 6.45) is 3.56. The summed E-state index contributed by atoms with van der Waals surface area (Å²) in [4.78, 5) is 19.4. The molecule has 21 heavy (non-hydrogen) atoms. The van der Waals surface area contributed by atoms with E-state index in [0.717, 1.165) is 44.3 Å². The summed E-state index contributed by atoms with van der Waals surface area (Å²) in [7, 11) is 0. The van der Waals surface area contributed by atoms with E-state index in [9.17, 15) is 4.79 Å². The first-order valence-electron chi connectivity index (χ1n) is 7.64. The largest absolute Gasteiger partial charge is 0.382 e. The van der Waals surface area contributed by atoms with Crippen molar-refractivity contribution in [2.24, 2.45) is 5.41 Å². The van der Waals surface area contributed by atoms with Gasteiger partial charge in [0.2, 0.25) is 0 Å². The van der Waals surface area contributed by atoms with Gasteiger partial charge in [-0.05, 0) is 24.7 Å². The van der Waals surface area contributed by atoms with Crippen molar-refractivity contribution in [2.75, 3.05) is 43.4 Å². The maximum absolute atomic E-state index is 12.3. The van der Waals surface area contributed by atoms with Gasteiger partial charge in [-0.15, -0.1) is 0 Å². The Balaban J connectivity index is 1.64. The molecule has 0 aromatic carbocycles. The van der Waals surface area contributed by atoms with Gasteiger partial charge in [-0.1, -0.05) is 18.3 Å². The minimum atomic E-state index is -0.0777. The number of nitrogen functional groups attached to an aromatic ring is 1. The van der Waals surface area contributed by atoms with Crippen molar-refractivity contribution in [3.63, 3.8) is 0 Å². The lowest BCUT2D eigenvalue weighted by atomic mass is 10.0. The van der Waals surface area contributed by atoms with Crippen LogP contribution in [0.5, 0.6) is 0 Å². The molecule has 7 heteroatoms. The number of piperazine rings is 1. The molecule has 4 N–H and O–H groups in total. The fourth-order valence-corrected chi connectivity index (χ4v) is 3.61. The second-order valence-corrected chi connectivity index (χ2v) is 6.96. The number of rotatable bonds is 5. The van der Waals surface area contributed by atoms with Gasteiger partial charge in [0.05, 0.1) is 0 Å². The lowest BCUT2D eigenvalue weighted by Gasteiger charge is -2.26. The van der Waals surface area contributed by atoms with Crippen molar-refractivity contribution < 1.29 is 4.79 Å². The lowest BCUT2D eigenvalue weighted by Crippen LogP contribution is -2.43. The van der Waals surface area contributed by atoms with Gasteiger partial charge in [0.1, 0.15) is 10.7 Å². The summed E-state index contributed by atoms with van der Waals surface area (Å²) >= 11 is 1.40. The molecule has 116 valence electrons. The van der Waals surface area contributed by atoms with E-state index < -0.39 is 0 Å². The third kappa shape index (κ3) is 3.13. The molecule has 2 heterocycles. The van der Waals surface area contributed by atoms with Crippen LogP contribution in [-0.4, -0.2) is 43.6 Å². The number of nitrogens with zero attached hydrogens (tertiary/aromatic N) is 2. The van der Waals surface area contributed by atoms with Crippen LogP contribution in [0.3, 0.4) is 0 Å². The Kier molecular flexibility index (Phi) is 4.03. The maximum Gasteiger partial charge on any atom is 0.265 e. The van der Waals surface area contributed by atoms with Crippen molar-refractivity contribution in [2.45, 2.75) is 26.2 Å². The summed E-state index contributed by atoms with van der Waals surface area (Å²) in [5.41, 5.74) is 6.28. The monoisotopic (exact) mass is 309 g/mol. The van der Waals surface area contributed by atoms with Crippen LogP contribution in [0, 0.1) is 5.41 Å². The minimum absolute atomic E-state index is 0.0777. The standard InChI is InChI=1S/C14H23N5OS/c1-2-14(3-4-14)9-17-12(20)10-11(15)18-13(21-10)19-7-5-16-6-8-19/h16H,2-9,15H2,1H3,(H,17,20). The Morgan fingerprint density at radius 2 is 2.19 bits per heavy atom. The number of nitrogens with one attached hydrogen (secondary N) is 2. The van der Waals surface area contributed by atoms with Gasteiger partial charge in [0, 0.05) is 32.7 Å². The molecule has 0 bridgehead atoms. The molecule has 1 aromatic heterocycles. The topological polar surface area (TPSA) is 83.3 Å². The fraction of sp³-hybridized carbons (Fsp3) is 0.714. The van der Waals surface area contributed by atoms with E-state index >= 15 is 0 Å². The molecule has 2 aliphatic rings. The van der Waals surface area contributed by atoms with Gasteiger partial charge < -0.3 is 21.3 Å². The molecule has 1 saturated heterocycles. The van der Waals surface area contributed by atoms with Crippen LogP contribution in [0.2, 0.25) is 0 Å². The summed E-state index contributed by atoms with van der Waals surface area (Å²) < 4.78 is 0. The maximum atomic E-state index is 12.3. The van der Waals surface area contributed by atoms with Crippen LogP contribution >= 0.6 is 11.3 Å². The first kappa shape index (κ1) is 14.6. The van der Waals surface area contributed by atoms with Gasteiger partial charge in [-0.25, -0.2) is 4.98 Å². The quantitative estimate of drug-likeness (QED) is 0.757. The molecular weight excluding hydrogens is 286 g/mol. The zero-order valence-electron chi connectivity index (χ0n) is 12.4. The number of carbonyl (C=O) groups is 1. The number of hydrogen-bond donors (Lipinski definition) is 3. The third-order valence-electron chi connectivity index (χ3n) is 4.57. The van der Waals surface area contributed by atoms with Crippen LogP contribution in [0.25, 0.3) is 0 Å². The highest BCUT2D eigenvalue weighted by atomic mass is 32.1. The number of aromatic nitrogens is 1. The van der Waals surface area contributed by atoms with Crippen molar-refractivity contribution >= 4 is 28.2 Å². The average Bonchev–Trinajstić information content (AvgIpc) is 3.20. The number of anilines is 2. The SMILES string of the molecule is CCC1(CNC(=O)c2sc(N3CCNCC3)nc2N)CC1. The van der Waals surface area contributed by atoms with E-state index in [1.807, 2.05) is 0 Å². The van der Waals surface area contributed by atoms with Crippen molar-refractivity contribution in [3.8, 4) is 0 Å². The van der Waals surface area contributed by atoms with E-state index in [1.54, 1.807) is 0 Å². The molecule has 1 saturated carbocycles. The number of nitrogens with two attached hydrogens (primary N) is 1. The number of thiazole rings is 1. The molecule has 1 aromatic rings. The second-order valence-electron chi connectivity index (χ2n) is 5.98. The zero-order chi connectivity index (χ0) is 14.9. The van der Waals surface area contributed by atoms with Gasteiger partial charge in [0.15, 0.2) is 5.13 Å². The highest BCUT2D eigenvalue weighted by Gasteiger charge is 2.40. The molecule has 0 radical (unpaired) electrons. The molecule has 3 rings (SSSR count). The smallest absolute Gasteiger partial charge is 0.265 e. The lowest BCUT2D eigenvalue weighted by molar-refractivity contribution is 0.0949. The van der Waals surface area contributed by atoms with E-state index in [0.29, 0.717) is 16.1 Å². The van der Waals surface area contributed by atoms with E-state index in [2.05, 4.69) is 27.4 Å². The Bertz CT molecular complexity index is 519. The molecule has 0 spiro atoms. The molecule has 1 amide bonds. The van der Waals surface area contributed by atoms with Crippen LogP contribution in [0.15, 0.2) is 0 Å². The molecule has 1 aliphatic carbocycles. The van der Waals surface area contributed by atoms with Gasteiger partial charge in [-0.3, -0.25) is 4.79 Å². The van der Waals surface area contributed by atoms with E-state index in [1.165, 1.54) is 24.2 Å². The van der Waals surface area contributed by atoms with E-state index in [4.69, 9.17) is 5.73 Å². The minimum Gasteiger partial charge on any atom is -0.382 e. The summed E-state index contributed by atoms with van der Waals surface area (Å²) in [5, 5.41) is 7.19. The average molecular weight is 309 g/mol. The van der Waals surface area contributed by atoms with Crippen LogP contribution in [0.1, 0.15) is 35.9 Å². The number of amides is 1. The molecule has 1 aliphatic heterocycles. The highest BCUT2D eigenvalue weighted by molar-refractivity contribution is 7.18. The molecule has 6 nitrogen and oxygen atoms in total. The second kappa shape index (κ2) is 5.81. The van der Waals surface area contributed by atoms with Crippen molar-refractivity contribution in [1.29, 1.82) is 0 Å². The van der Waals surface area contributed by atoms with Crippen molar-refractivity contribution in [3.05, 3.63) is 4.88 Å². The fourth-order valence-electron chi connectivity index (χ4n) is 2.65. The summed E-state index contributed by atoms with van der Waals surface area (Å²) in [5.74, 6) is 0.276. The van der Waals surface area contributed by atoms with Crippen LogP contribution < -0.4 is 21.3 Å². The van der Waals surface area contributed by atoms with Gasteiger partial charge in [0.25, 0.3) is 5.91 Å². The normalized spacial score (nSPS) is 20.3. The third-order valence-corrected chi connectivity index (χ3v) is 5.70. The first-order chi connectivity index (χ1) is 10.1. The first-order valence-corrected chi connectivity index (χ1v) is 8.45. The molecule has 2 fully saturated rings. The molecule has 0 atom stereocenters. The molecule has 0 unspecified atom stereocenters. The Labute approximate surface area is 129 Å². The summed E-state index contributed by atoms with van der Waals surface area (Å²) in [6.45, 7) is 6.64. The highest BCUT2D eigenvalue weighted by Crippen LogP contribution is 2.47. The van der Waals surface area contributed by atoms with Gasteiger partial charge in [-0.2, -0.15) is 0 Å². The predicted molar refractivity (Wildman–Crippen MR) is 85.9 cm³/mol. The van der Waals surface area contributed by atoms with Crippen LogP contribution in [-0.2, 0) is 0 Å². The van der Waals surface area contributed by atoms with Gasteiger partial charge >= 0.3 is 0 Å². The Morgan fingerprint density at radius 3 is 2.81 bits per heavy atom. The van der Waals surface area contributed by atoms with Crippen molar-refractivity contribution in [1.82, 2.24) is 15.6 Å². The predicted octanol–water partition coefficient (Wildman–Crippen LogP) is 1.05. The molecular formula is C14H23N5OS. The van der Waals surface area contributed by atoms with Crippen LogP contribution in [0.4, 0.5) is 10.9 Å². The number of carbonyl (C=O) groups excluding carboxylic acids is 1.